The molecule has 0 atom stereocenters. The molecule has 0 aliphatic carbocycles. The van der Waals surface area contributed by atoms with Crippen LogP contribution >= 0.6 is 11.6 Å². The Kier molecular flexibility index (Phi) is 7.99. The van der Waals surface area contributed by atoms with E-state index in [1.807, 2.05) is 24.3 Å². The zero-order valence-electron chi connectivity index (χ0n) is 17.1. The van der Waals surface area contributed by atoms with E-state index < -0.39 is 0 Å². The SMILES string of the molecule is CCCCNCCCCC(=O)Nc1cc(-c2n[nH]c(=O)c3ccccc23)ccc1Cl. The van der Waals surface area contributed by atoms with E-state index in [1.165, 1.54) is 12.8 Å². The predicted octanol–water partition coefficient (Wildman–Crippen LogP) is 4.74. The van der Waals surface area contributed by atoms with Gasteiger partial charge in [0.05, 0.1) is 21.8 Å². The van der Waals surface area contributed by atoms with Crippen LogP contribution in [0, 0.1) is 0 Å². The van der Waals surface area contributed by atoms with Gasteiger partial charge in [-0.2, -0.15) is 5.10 Å². The molecule has 7 heteroatoms. The average molecular weight is 427 g/mol. The Morgan fingerprint density at radius 2 is 1.83 bits per heavy atom. The maximum Gasteiger partial charge on any atom is 0.272 e. The van der Waals surface area contributed by atoms with Gasteiger partial charge >= 0.3 is 0 Å². The van der Waals surface area contributed by atoms with Gasteiger partial charge in [-0.1, -0.05) is 49.2 Å². The molecule has 0 saturated heterocycles. The Morgan fingerprint density at radius 1 is 1.07 bits per heavy atom. The molecule has 3 N–H and O–H groups in total. The van der Waals surface area contributed by atoms with Crippen molar-refractivity contribution in [3.63, 3.8) is 0 Å². The molecule has 0 aliphatic rings. The number of benzene rings is 2. The van der Waals surface area contributed by atoms with Gasteiger partial charge in [0.25, 0.3) is 5.56 Å². The summed E-state index contributed by atoms with van der Waals surface area (Å²) in [5, 5.41) is 14.8. The van der Waals surface area contributed by atoms with Gasteiger partial charge in [-0.25, -0.2) is 5.10 Å². The first-order chi connectivity index (χ1) is 14.6. The summed E-state index contributed by atoms with van der Waals surface area (Å²) < 4.78 is 0. The molecular formula is C23H27ClN4O2. The molecule has 1 aromatic heterocycles. The van der Waals surface area contributed by atoms with Gasteiger partial charge in [0.15, 0.2) is 0 Å². The minimum Gasteiger partial charge on any atom is -0.325 e. The molecule has 0 spiro atoms. The van der Waals surface area contributed by atoms with Gasteiger partial charge in [-0.15, -0.1) is 0 Å². The Hall–Kier alpha value is -2.70. The average Bonchev–Trinajstić information content (AvgIpc) is 2.75. The van der Waals surface area contributed by atoms with Crippen LogP contribution < -0.4 is 16.2 Å². The van der Waals surface area contributed by atoms with Gasteiger partial charge in [-0.3, -0.25) is 9.59 Å². The number of aromatic nitrogens is 2. The van der Waals surface area contributed by atoms with Crippen molar-refractivity contribution in [1.82, 2.24) is 15.5 Å². The summed E-state index contributed by atoms with van der Waals surface area (Å²) >= 11 is 6.30. The van der Waals surface area contributed by atoms with Crippen LogP contribution in [0.15, 0.2) is 47.3 Å². The molecule has 2 aromatic carbocycles. The van der Waals surface area contributed by atoms with Crippen LogP contribution in [-0.2, 0) is 4.79 Å². The summed E-state index contributed by atoms with van der Waals surface area (Å²) in [7, 11) is 0. The smallest absolute Gasteiger partial charge is 0.272 e. The van der Waals surface area contributed by atoms with Crippen molar-refractivity contribution in [3.8, 4) is 11.3 Å². The molecule has 0 aliphatic heterocycles. The van der Waals surface area contributed by atoms with E-state index in [1.54, 1.807) is 18.2 Å². The number of amides is 1. The Bertz CT molecular complexity index is 1060. The quantitative estimate of drug-likeness (QED) is 0.408. The number of carbonyl (C=O) groups is 1. The number of nitrogens with one attached hydrogen (secondary N) is 3. The van der Waals surface area contributed by atoms with Crippen molar-refractivity contribution < 1.29 is 4.79 Å². The van der Waals surface area contributed by atoms with Crippen LogP contribution in [0.1, 0.15) is 39.0 Å². The number of nitrogens with zero attached hydrogens (tertiary/aromatic N) is 1. The Morgan fingerprint density at radius 3 is 2.63 bits per heavy atom. The van der Waals surface area contributed by atoms with Crippen LogP contribution in [0.5, 0.6) is 0 Å². The predicted molar refractivity (Wildman–Crippen MR) is 123 cm³/mol. The third-order valence-electron chi connectivity index (χ3n) is 4.92. The van der Waals surface area contributed by atoms with E-state index >= 15 is 0 Å². The van der Waals surface area contributed by atoms with Gasteiger partial charge in [0.1, 0.15) is 0 Å². The lowest BCUT2D eigenvalue weighted by Crippen LogP contribution is -2.17. The van der Waals surface area contributed by atoms with Crippen molar-refractivity contribution >= 4 is 34.0 Å². The van der Waals surface area contributed by atoms with E-state index in [2.05, 4.69) is 27.8 Å². The van der Waals surface area contributed by atoms with E-state index in [9.17, 15) is 9.59 Å². The molecule has 0 fully saturated rings. The highest BCUT2D eigenvalue weighted by molar-refractivity contribution is 6.33. The molecule has 1 amide bonds. The first-order valence-corrected chi connectivity index (χ1v) is 10.8. The topological polar surface area (TPSA) is 86.9 Å². The number of hydrogen-bond acceptors (Lipinski definition) is 4. The maximum absolute atomic E-state index is 12.4. The molecule has 6 nitrogen and oxygen atoms in total. The van der Waals surface area contributed by atoms with Gasteiger partial charge in [-0.05, 0) is 50.6 Å². The van der Waals surface area contributed by atoms with Crippen molar-refractivity contribution in [3.05, 3.63) is 57.8 Å². The number of aromatic amines is 1. The minimum absolute atomic E-state index is 0.0677. The lowest BCUT2D eigenvalue weighted by molar-refractivity contribution is -0.116. The zero-order chi connectivity index (χ0) is 21.3. The number of carbonyl (C=O) groups excluding carboxylic acids is 1. The minimum atomic E-state index is -0.235. The summed E-state index contributed by atoms with van der Waals surface area (Å²) in [6.45, 7) is 4.12. The van der Waals surface area contributed by atoms with Crippen LogP contribution in [0.4, 0.5) is 5.69 Å². The molecule has 1 heterocycles. The maximum atomic E-state index is 12.4. The molecule has 0 radical (unpaired) electrons. The molecule has 30 heavy (non-hydrogen) atoms. The van der Waals surface area contributed by atoms with Crippen LogP contribution in [0.25, 0.3) is 22.0 Å². The van der Waals surface area contributed by atoms with Crippen molar-refractivity contribution in [1.29, 1.82) is 0 Å². The number of fused-ring (bicyclic) bond motifs is 1. The van der Waals surface area contributed by atoms with Crippen molar-refractivity contribution in [2.45, 2.75) is 39.0 Å². The number of anilines is 1. The van der Waals surface area contributed by atoms with Crippen LogP contribution in [-0.4, -0.2) is 29.2 Å². The van der Waals surface area contributed by atoms with Gasteiger partial charge in [0.2, 0.25) is 5.91 Å². The highest BCUT2D eigenvalue weighted by Crippen LogP contribution is 2.30. The zero-order valence-corrected chi connectivity index (χ0v) is 17.9. The number of halogens is 1. The van der Waals surface area contributed by atoms with Gasteiger partial charge < -0.3 is 10.6 Å². The number of rotatable bonds is 10. The van der Waals surface area contributed by atoms with Crippen LogP contribution in [0.2, 0.25) is 5.02 Å². The standard InChI is InChI=1S/C23H27ClN4O2/c1-2-3-13-25-14-7-6-10-21(29)26-20-15-16(11-12-19(20)24)22-17-8-4-5-9-18(17)23(30)28-27-22/h4-5,8-9,11-12,15,25H,2-3,6-7,10,13-14H2,1H3,(H,26,29)(H,28,30). The highest BCUT2D eigenvalue weighted by atomic mass is 35.5. The molecule has 158 valence electrons. The molecule has 3 rings (SSSR count). The second-order valence-electron chi connectivity index (χ2n) is 7.25. The van der Waals surface area contributed by atoms with Crippen LogP contribution in [0.3, 0.4) is 0 Å². The number of H-pyrrole nitrogens is 1. The normalized spacial score (nSPS) is 11.0. The van der Waals surface area contributed by atoms with E-state index in [4.69, 9.17) is 11.6 Å². The summed E-state index contributed by atoms with van der Waals surface area (Å²) in [6.07, 6.45) is 4.57. The fourth-order valence-corrected chi connectivity index (χ4v) is 3.44. The lowest BCUT2D eigenvalue weighted by atomic mass is 10.0. The molecular weight excluding hydrogens is 400 g/mol. The molecule has 3 aromatic rings. The largest absolute Gasteiger partial charge is 0.325 e. The second-order valence-corrected chi connectivity index (χ2v) is 7.66. The first-order valence-electron chi connectivity index (χ1n) is 10.4. The number of unbranched alkanes of at least 4 members (excludes halogenated alkanes) is 2. The van der Waals surface area contributed by atoms with E-state index in [0.29, 0.717) is 28.2 Å². The fourth-order valence-electron chi connectivity index (χ4n) is 3.28. The lowest BCUT2D eigenvalue weighted by Gasteiger charge is -2.11. The first kappa shape index (κ1) is 22.0. The molecule has 0 unspecified atom stereocenters. The summed E-state index contributed by atoms with van der Waals surface area (Å²) in [6, 6.07) is 12.6. The van der Waals surface area contributed by atoms with Gasteiger partial charge in [0, 0.05) is 17.4 Å². The number of hydrogen-bond donors (Lipinski definition) is 3. The fraction of sp³-hybridized carbons (Fsp3) is 0.348. The monoisotopic (exact) mass is 426 g/mol. The summed E-state index contributed by atoms with van der Waals surface area (Å²) in [4.78, 5) is 24.4. The van der Waals surface area contributed by atoms with E-state index in [0.717, 1.165) is 36.9 Å². The Balaban J connectivity index is 1.67. The highest BCUT2D eigenvalue weighted by Gasteiger charge is 2.12. The molecule has 0 bridgehead atoms. The second kappa shape index (κ2) is 10.9. The van der Waals surface area contributed by atoms with Crippen molar-refractivity contribution in [2.75, 3.05) is 18.4 Å². The summed E-state index contributed by atoms with van der Waals surface area (Å²) in [5.41, 5.74) is 1.70. The third-order valence-corrected chi connectivity index (χ3v) is 5.25. The van der Waals surface area contributed by atoms with Crippen molar-refractivity contribution in [2.24, 2.45) is 0 Å². The summed E-state index contributed by atoms with van der Waals surface area (Å²) in [5.74, 6) is -0.0677. The third kappa shape index (κ3) is 5.68. The molecule has 0 saturated carbocycles. The Labute approximate surface area is 181 Å². The van der Waals surface area contributed by atoms with E-state index in [-0.39, 0.29) is 11.5 Å².